The molecule has 3 heterocycles. The average Bonchev–Trinajstić information content (AvgIpc) is 2.96. The number of nitrogens with zero attached hydrogens (tertiary/aromatic N) is 4. The molecule has 17 heavy (non-hydrogen) atoms. The minimum absolute atomic E-state index is 0.285. The van der Waals surface area contributed by atoms with Gasteiger partial charge in [0.25, 0.3) is 0 Å². The fraction of sp³-hybridized carbons (Fsp3) is 0.500. The highest BCUT2D eigenvalue weighted by Gasteiger charge is 2.23. The summed E-state index contributed by atoms with van der Waals surface area (Å²) in [6, 6.07) is 3.91. The van der Waals surface area contributed by atoms with Gasteiger partial charge in [-0.05, 0) is 24.8 Å². The Bertz CT molecular complexity index is 510. The first-order valence-electron chi connectivity index (χ1n) is 6.03. The van der Waals surface area contributed by atoms with Crippen molar-refractivity contribution < 1.29 is 5.11 Å². The highest BCUT2D eigenvalue weighted by Crippen LogP contribution is 2.24. The molecular formula is C12H16N4O. The molecule has 90 valence electrons. The van der Waals surface area contributed by atoms with Gasteiger partial charge in [0.1, 0.15) is 5.82 Å². The van der Waals surface area contributed by atoms with E-state index in [1.807, 2.05) is 18.3 Å². The first kappa shape index (κ1) is 10.5. The lowest BCUT2D eigenvalue weighted by Gasteiger charge is -2.17. The Hall–Kier alpha value is -1.62. The lowest BCUT2D eigenvalue weighted by molar-refractivity contribution is 0.263. The topological polar surface area (TPSA) is 53.7 Å². The fourth-order valence-corrected chi connectivity index (χ4v) is 2.44. The van der Waals surface area contributed by atoms with Crippen LogP contribution in [-0.2, 0) is 0 Å². The molecule has 0 spiro atoms. The maximum atomic E-state index is 8.95. The molecule has 0 radical (unpaired) electrons. The zero-order valence-electron chi connectivity index (χ0n) is 9.66. The molecule has 0 saturated carbocycles. The maximum Gasteiger partial charge on any atom is 0.157 e. The average molecular weight is 232 g/mol. The van der Waals surface area contributed by atoms with E-state index in [0.717, 1.165) is 37.4 Å². The van der Waals surface area contributed by atoms with Crippen LogP contribution in [0.15, 0.2) is 24.5 Å². The second-order valence-electron chi connectivity index (χ2n) is 4.53. The summed E-state index contributed by atoms with van der Waals surface area (Å²) < 4.78 is 1.77. The highest BCUT2D eigenvalue weighted by atomic mass is 16.3. The van der Waals surface area contributed by atoms with Crippen molar-refractivity contribution in [3.05, 3.63) is 24.5 Å². The number of aliphatic hydroxyl groups excluding tert-OH is 1. The summed E-state index contributed by atoms with van der Waals surface area (Å²) in [5, 5.41) is 13.1. The summed E-state index contributed by atoms with van der Waals surface area (Å²) in [6.07, 6.45) is 5.74. The quantitative estimate of drug-likeness (QED) is 0.855. The minimum atomic E-state index is 0.285. The Kier molecular flexibility index (Phi) is 2.68. The molecule has 1 atom stereocenters. The van der Waals surface area contributed by atoms with Crippen molar-refractivity contribution >= 4 is 11.5 Å². The molecule has 5 nitrogen and oxygen atoms in total. The zero-order valence-corrected chi connectivity index (χ0v) is 9.66. The normalized spacial score (nSPS) is 20.3. The zero-order chi connectivity index (χ0) is 11.7. The molecule has 1 unspecified atom stereocenters. The van der Waals surface area contributed by atoms with Crippen LogP contribution in [-0.4, -0.2) is 39.4 Å². The van der Waals surface area contributed by atoms with Gasteiger partial charge in [0.2, 0.25) is 0 Å². The van der Waals surface area contributed by atoms with Gasteiger partial charge >= 0.3 is 0 Å². The van der Waals surface area contributed by atoms with Crippen LogP contribution in [0.3, 0.4) is 0 Å². The second kappa shape index (κ2) is 4.33. The Labute approximate surface area is 99.7 Å². The molecule has 1 N–H and O–H groups in total. The summed E-state index contributed by atoms with van der Waals surface area (Å²) in [6.45, 7) is 2.31. The lowest BCUT2D eigenvalue weighted by atomic mass is 10.1. The van der Waals surface area contributed by atoms with E-state index in [-0.39, 0.29) is 6.61 Å². The van der Waals surface area contributed by atoms with Crippen LogP contribution < -0.4 is 4.90 Å². The van der Waals surface area contributed by atoms with Crippen LogP contribution in [0.4, 0.5) is 5.82 Å². The Balaban J connectivity index is 1.80. The van der Waals surface area contributed by atoms with Gasteiger partial charge in [-0.3, -0.25) is 0 Å². The van der Waals surface area contributed by atoms with Gasteiger partial charge in [0.05, 0.1) is 6.20 Å². The molecule has 3 rings (SSSR count). The number of aliphatic hydroxyl groups is 1. The standard InChI is InChI=1S/C12H16N4O/c17-8-4-10-2-6-15(9-10)11-3-7-16-12(14-11)1-5-13-16/h1,3,5,7,10,17H,2,4,6,8-9H2. The van der Waals surface area contributed by atoms with Crippen molar-refractivity contribution in [2.24, 2.45) is 5.92 Å². The number of hydrogen-bond acceptors (Lipinski definition) is 4. The summed E-state index contributed by atoms with van der Waals surface area (Å²) in [7, 11) is 0. The minimum Gasteiger partial charge on any atom is -0.396 e. The van der Waals surface area contributed by atoms with Crippen molar-refractivity contribution in [2.45, 2.75) is 12.8 Å². The van der Waals surface area contributed by atoms with Gasteiger partial charge in [0.15, 0.2) is 5.65 Å². The van der Waals surface area contributed by atoms with Gasteiger partial charge in [-0.2, -0.15) is 5.10 Å². The van der Waals surface area contributed by atoms with Gasteiger partial charge < -0.3 is 10.0 Å². The molecular weight excluding hydrogens is 216 g/mol. The van der Waals surface area contributed by atoms with E-state index >= 15 is 0 Å². The van der Waals surface area contributed by atoms with E-state index in [9.17, 15) is 0 Å². The van der Waals surface area contributed by atoms with E-state index in [1.165, 1.54) is 0 Å². The third-order valence-corrected chi connectivity index (χ3v) is 3.39. The van der Waals surface area contributed by atoms with Crippen molar-refractivity contribution in [3.63, 3.8) is 0 Å². The molecule has 0 amide bonds. The smallest absolute Gasteiger partial charge is 0.157 e. The molecule has 2 aromatic rings. The van der Waals surface area contributed by atoms with E-state index in [2.05, 4.69) is 15.0 Å². The molecule has 1 saturated heterocycles. The summed E-state index contributed by atoms with van der Waals surface area (Å²) >= 11 is 0. The molecule has 0 aromatic carbocycles. The van der Waals surface area contributed by atoms with Crippen LogP contribution in [0.5, 0.6) is 0 Å². The first-order chi connectivity index (χ1) is 8.36. The third-order valence-electron chi connectivity index (χ3n) is 3.39. The van der Waals surface area contributed by atoms with Crippen LogP contribution in [0.1, 0.15) is 12.8 Å². The van der Waals surface area contributed by atoms with Crippen LogP contribution >= 0.6 is 0 Å². The van der Waals surface area contributed by atoms with Crippen LogP contribution in [0.25, 0.3) is 5.65 Å². The van der Waals surface area contributed by atoms with Crippen molar-refractivity contribution in [3.8, 4) is 0 Å². The van der Waals surface area contributed by atoms with E-state index in [1.54, 1.807) is 10.7 Å². The maximum absolute atomic E-state index is 8.95. The number of anilines is 1. The number of aromatic nitrogens is 3. The Morgan fingerprint density at radius 3 is 3.24 bits per heavy atom. The number of rotatable bonds is 3. The molecule has 1 aliphatic heterocycles. The molecule has 0 bridgehead atoms. The SMILES string of the molecule is OCCC1CCN(c2ccn3nccc3n2)C1. The first-order valence-corrected chi connectivity index (χ1v) is 6.03. The highest BCUT2D eigenvalue weighted by molar-refractivity contribution is 5.47. The molecule has 1 fully saturated rings. The molecule has 0 aliphatic carbocycles. The largest absolute Gasteiger partial charge is 0.396 e. The van der Waals surface area contributed by atoms with E-state index in [4.69, 9.17) is 5.11 Å². The van der Waals surface area contributed by atoms with Gasteiger partial charge in [0, 0.05) is 32.0 Å². The lowest BCUT2D eigenvalue weighted by Crippen LogP contribution is -2.21. The molecule has 1 aliphatic rings. The van der Waals surface area contributed by atoms with Crippen molar-refractivity contribution in [1.82, 2.24) is 14.6 Å². The van der Waals surface area contributed by atoms with Crippen LogP contribution in [0.2, 0.25) is 0 Å². The summed E-state index contributed by atoms with van der Waals surface area (Å²) in [5.74, 6) is 1.61. The fourth-order valence-electron chi connectivity index (χ4n) is 2.44. The monoisotopic (exact) mass is 232 g/mol. The third kappa shape index (κ3) is 1.98. The van der Waals surface area contributed by atoms with E-state index < -0.39 is 0 Å². The van der Waals surface area contributed by atoms with Gasteiger partial charge in [-0.25, -0.2) is 9.50 Å². The molecule has 2 aromatic heterocycles. The summed E-state index contributed by atoms with van der Waals surface area (Å²) in [5.41, 5.74) is 0.883. The number of hydrogen-bond donors (Lipinski definition) is 1. The predicted molar refractivity (Wildman–Crippen MR) is 65.0 cm³/mol. The molecule has 5 heteroatoms. The van der Waals surface area contributed by atoms with Crippen molar-refractivity contribution in [1.29, 1.82) is 0 Å². The number of fused-ring (bicyclic) bond motifs is 1. The Morgan fingerprint density at radius 1 is 1.41 bits per heavy atom. The van der Waals surface area contributed by atoms with Gasteiger partial charge in [-0.15, -0.1) is 0 Å². The van der Waals surface area contributed by atoms with Crippen LogP contribution in [0, 0.1) is 5.92 Å². The van der Waals surface area contributed by atoms with Crippen molar-refractivity contribution in [2.75, 3.05) is 24.6 Å². The Morgan fingerprint density at radius 2 is 2.35 bits per heavy atom. The van der Waals surface area contributed by atoms with Gasteiger partial charge in [-0.1, -0.05) is 0 Å². The summed E-state index contributed by atoms with van der Waals surface area (Å²) in [4.78, 5) is 6.86. The second-order valence-corrected chi connectivity index (χ2v) is 4.53. The van der Waals surface area contributed by atoms with E-state index in [0.29, 0.717) is 5.92 Å². The predicted octanol–water partition coefficient (Wildman–Crippen LogP) is 0.938.